The molecule has 0 fully saturated rings. The van der Waals surface area contributed by atoms with Gasteiger partial charge in [0.1, 0.15) is 0 Å². The number of rotatable bonds is 1. The van der Waals surface area contributed by atoms with E-state index >= 15 is 0 Å². The monoisotopic (exact) mass is 228 g/mol. The Bertz CT molecular complexity index is 307. The van der Waals surface area contributed by atoms with E-state index in [0.29, 0.717) is 0 Å². The Hall–Kier alpha value is -0.410. The van der Waals surface area contributed by atoms with Crippen molar-refractivity contribution in [1.29, 1.82) is 0 Å². The molecule has 72 valence electrons. The third-order valence-electron chi connectivity index (χ3n) is 1.52. The van der Waals surface area contributed by atoms with E-state index < -0.39 is 11.7 Å². The van der Waals surface area contributed by atoms with E-state index in [1.54, 1.807) is 0 Å². The highest BCUT2D eigenvalue weighted by Gasteiger charge is 2.32. The molecule has 0 N–H and O–H groups in total. The van der Waals surface area contributed by atoms with Gasteiger partial charge in [-0.25, -0.2) is 0 Å². The molecule has 0 spiro atoms. The van der Waals surface area contributed by atoms with E-state index in [1.165, 1.54) is 12.1 Å². The van der Waals surface area contributed by atoms with E-state index in [4.69, 9.17) is 23.2 Å². The molecule has 0 aliphatic heterocycles. The predicted molar refractivity (Wildman–Crippen MR) is 46.0 cm³/mol. The maximum atomic E-state index is 12.3. The van der Waals surface area contributed by atoms with Crippen molar-refractivity contribution in [2.45, 2.75) is 12.1 Å². The van der Waals surface area contributed by atoms with Crippen LogP contribution in [0.15, 0.2) is 18.2 Å². The summed E-state index contributed by atoms with van der Waals surface area (Å²) in [6, 6.07) is 3.35. The van der Waals surface area contributed by atoms with E-state index in [1.807, 2.05) is 0 Å². The van der Waals surface area contributed by atoms with Crippen LogP contribution in [0.2, 0.25) is 5.02 Å². The van der Waals surface area contributed by atoms with Crippen molar-refractivity contribution >= 4 is 23.2 Å². The molecule has 5 heteroatoms. The van der Waals surface area contributed by atoms with Gasteiger partial charge in [-0.15, -0.1) is 11.6 Å². The zero-order chi connectivity index (χ0) is 10.1. The van der Waals surface area contributed by atoms with Gasteiger partial charge in [0.05, 0.1) is 5.56 Å². The minimum atomic E-state index is -4.37. The topological polar surface area (TPSA) is 0 Å². The van der Waals surface area contributed by atoms with Gasteiger partial charge in [0.2, 0.25) is 0 Å². The first kappa shape index (κ1) is 10.7. The summed E-state index contributed by atoms with van der Waals surface area (Å²) < 4.78 is 36.8. The molecule has 0 heterocycles. The van der Waals surface area contributed by atoms with E-state index in [9.17, 15) is 13.2 Å². The molecule has 0 unspecified atom stereocenters. The number of hydrogen-bond donors (Lipinski definition) is 0. The largest absolute Gasteiger partial charge is 0.416 e. The number of benzene rings is 1. The van der Waals surface area contributed by atoms with Gasteiger partial charge in [0.15, 0.2) is 0 Å². The fourth-order valence-corrected chi connectivity index (χ4v) is 1.37. The fraction of sp³-hybridized carbons (Fsp3) is 0.250. The standard InChI is InChI=1S/C8H5Cl2F3/c9-4-5-3-6(10)1-2-7(5)8(11,12)13/h1-3H,4H2. The lowest BCUT2D eigenvalue weighted by Crippen LogP contribution is -2.08. The molecule has 0 amide bonds. The van der Waals surface area contributed by atoms with Gasteiger partial charge in [-0.1, -0.05) is 11.6 Å². The zero-order valence-corrected chi connectivity index (χ0v) is 7.84. The molecule has 0 aliphatic carbocycles. The highest BCUT2D eigenvalue weighted by Crippen LogP contribution is 2.33. The highest BCUT2D eigenvalue weighted by molar-refractivity contribution is 6.30. The van der Waals surface area contributed by atoms with Crippen LogP contribution in [0.4, 0.5) is 13.2 Å². The van der Waals surface area contributed by atoms with Crippen LogP contribution in [-0.2, 0) is 12.1 Å². The Morgan fingerprint density at radius 3 is 2.31 bits per heavy atom. The number of alkyl halides is 4. The molecular weight excluding hydrogens is 224 g/mol. The minimum Gasteiger partial charge on any atom is -0.166 e. The first-order valence-electron chi connectivity index (χ1n) is 3.36. The Morgan fingerprint density at radius 1 is 1.23 bits per heavy atom. The van der Waals surface area contributed by atoms with Gasteiger partial charge in [-0.05, 0) is 23.8 Å². The third kappa shape index (κ3) is 2.51. The van der Waals surface area contributed by atoms with Gasteiger partial charge >= 0.3 is 6.18 Å². The second kappa shape index (κ2) is 3.76. The van der Waals surface area contributed by atoms with E-state index in [2.05, 4.69) is 0 Å². The molecule has 0 atom stereocenters. The van der Waals surface area contributed by atoms with Crippen LogP contribution in [0.5, 0.6) is 0 Å². The molecule has 13 heavy (non-hydrogen) atoms. The molecule has 0 nitrogen and oxygen atoms in total. The SMILES string of the molecule is FC(F)(F)c1ccc(Cl)cc1CCl. The quantitative estimate of drug-likeness (QED) is 0.636. The van der Waals surface area contributed by atoms with Crippen LogP contribution in [-0.4, -0.2) is 0 Å². The Morgan fingerprint density at radius 2 is 1.85 bits per heavy atom. The average Bonchev–Trinajstić information content (AvgIpc) is 2.01. The normalized spacial score (nSPS) is 11.8. The summed E-state index contributed by atoms with van der Waals surface area (Å²) in [5.41, 5.74) is -0.728. The van der Waals surface area contributed by atoms with Crippen LogP contribution in [0, 0.1) is 0 Å². The van der Waals surface area contributed by atoms with Gasteiger partial charge in [-0.3, -0.25) is 0 Å². The van der Waals surface area contributed by atoms with Crippen molar-refractivity contribution < 1.29 is 13.2 Å². The van der Waals surface area contributed by atoms with Crippen molar-refractivity contribution in [2.75, 3.05) is 0 Å². The zero-order valence-electron chi connectivity index (χ0n) is 6.33. The number of halogens is 5. The second-order valence-corrected chi connectivity index (χ2v) is 3.14. The summed E-state index contributed by atoms with van der Waals surface area (Å²) >= 11 is 10.9. The maximum absolute atomic E-state index is 12.3. The third-order valence-corrected chi connectivity index (χ3v) is 2.04. The summed E-state index contributed by atoms with van der Waals surface area (Å²) in [5.74, 6) is -0.199. The van der Waals surface area contributed by atoms with Crippen molar-refractivity contribution in [1.82, 2.24) is 0 Å². The maximum Gasteiger partial charge on any atom is 0.416 e. The Labute approximate surface area is 83.3 Å². The molecule has 0 aliphatic rings. The Balaban J connectivity index is 3.22. The average molecular weight is 229 g/mol. The number of hydrogen-bond acceptors (Lipinski definition) is 0. The molecule has 0 saturated carbocycles. The summed E-state index contributed by atoms with van der Waals surface area (Å²) in [6.45, 7) is 0. The van der Waals surface area contributed by atoms with E-state index in [-0.39, 0.29) is 16.5 Å². The summed E-state index contributed by atoms with van der Waals surface area (Å²) in [5, 5.41) is 0.253. The fourth-order valence-electron chi connectivity index (χ4n) is 0.949. The van der Waals surface area contributed by atoms with Crippen LogP contribution in [0.3, 0.4) is 0 Å². The molecule has 0 saturated heterocycles. The molecule has 1 aromatic carbocycles. The van der Waals surface area contributed by atoms with Gasteiger partial charge < -0.3 is 0 Å². The van der Waals surface area contributed by atoms with Crippen LogP contribution >= 0.6 is 23.2 Å². The summed E-state index contributed by atoms with van der Waals surface area (Å²) in [7, 11) is 0. The van der Waals surface area contributed by atoms with Crippen molar-refractivity contribution in [3.05, 3.63) is 34.3 Å². The van der Waals surface area contributed by atoms with Crippen LogP contribution in [0.25, 0.3) is 0 Å². The lowest BCUT2D eigenvalue weighted by atomic mass is 10.1. The molecule has 0 aromatic heterocycles. The summed E-state index contributed by atoms with van der Waals surface area (Å²) in [4.78, 5) is 0. The molecule has 0 radical (unpaired) electrons. The van der Waals surface area contributed by atoms with Crippen molar-refractivity contribution in [2.24, 2.45) is 0 Å². The Kier molecular flexibility index (Phi) is 3.09. The van der Waals surface area contributed by atoms with Gasteiger partial charge in [0, 0.05) is 10.9 Å². The predicted octanol–water partition coefficient (Wildman–Crippen LogP) is 4.10. The molecule has 0 bridgehead atoms. The summed E-state index contributed by atoms with van der Waals surface area (Å²) in [6.07, 6.45) is -4.37. The highest BCUT2D eigenvalue weighted by atomic mass is 35.5. The second-order valence-electron chi connectivity index (χ2n) is 2.43. The van der Waals surface area contributed by atoms with E-state index in [0.717, 1.165) is 6.07 Å². The lowest BCUT2D eigenvalue weighted by Gasteiger charge is -2.10. The van der Waals surface area contributed by atoms with Crippen LogP contribution in [0.1, 0.15) is 11.1 Å². The molecular formula is C8H5Cl2F3. The van der Waals surface area contributed by atoms with Crippen molar-refractivity contribution in [3.8, 4) is 0 Å². The lowest BCUT2D eigenvalue weighted by molar-refractivity contribution is -0.138. The van der Waals surface area contributed by atoms with Crippen LogP contribution < -0.4 is 0 Å². The molecule has 1 rings (SSSR count). The van der Waals surface area contributed by atoms with Crippen molar-refractivity contribution in [3.63, 3.8) is 0 Å². The first-order valence-corrected chi connectivity index (χ1v) is 4.28. The smallest absolute Gasteiger partial charge is 0.166 e. The minimum absolute atomic E-state index is 0.00154. The first-order chi connectivity index (χ1) is 5.95. The molecule has 1 aromatic rings. The van der Waals surface area contributed by atoms with Gasteiger partial charge in [-0.2, -0.15) is 13.2 Å². The van der Waals surface area contributed by atoms with Gasteiger partial charge in [0.25, 0.3) is 0 Å².